The van der Waals surface area contributed by atoms with Crippen molar-refractivity contribution in [3.05, 3.63) is 35.4 Å². The van der Waals surface area contributed by atoms with E-state index in [0.29, 0.717) is 25.6 Å². The Kier molecular flexibility index (Phi) is 5.77. The number of aliphatic hydroxyl groups is 1. The van der Waals surface area contributed by atoms with E-state index >= 15 is 0 Å². The predicted octanol–water partition coefficient (Wildman–Crippen LogP) is 1.96. The fraction of sp³-hybridized carbons (Fsp3) is 0.650. The second-order valence-corrected chi connectivity index (χ2v) is 7.61. The van der Waals surface area contributed by atoms with Gasteiger partial charge in [-0.2, -0.15) is 0 Å². The van der Waals surface area contributed by atoms with Gasteiger partial charge in [-0.15, -0.1) is 0 Å². The summed E-state index contributed by atoms with van der Waals surface area (Å²) in [5, 5.41) is 11.1. The van der Waals surface area contributed by atoms with Crippen LogP contribution in [-0.2, 0) is 16.1 Å². The molecule has 25 heavy (non-hydrogen) atoms. The van der Waals surface area contributed by atoms with Gasteiger partial charge in [0.2, 0.25) is 0 Å². The Labute approximate surface area is 150 Å². The third kappa shape index (κ3) is 4.40. The minimum absolute atomic E-state index is 0.126. The molecular weight excluding hydrogens is 316 g/mol. The molecule has 138 valence electrons. The zero-order chi connectivity index (χ0) is 17.9. The van der Waals surface area contributed by atoms with Crippen molar-refractivity contribution in [2.75, 3.05) is 33.4 Å². The molecule has 0 saturated carbocycles. The summed E-state index contributed by atoms with van der Waals surface area (Å²) in [6.07, 6.45) is 3.32. The van der Waals surface area contributed by atoms with Crippen molar-refractivity contribution in [2.24, 2.45) is 0 Å². The van der Waals surface area contributed by atoms with Gasteiger partial charge in [-0.1, -0.05) is 29.8 Å². The van der Waals surface area contributed by atoms with Crippen LogP contribution in [0.15, 0.2) is 24.3 Å². The number of carbonyl (C=O) groups excluding carboxylic acids is 1. The summed E-state index contributed by atoms with van der Waals surface area (Å²) in [6, 6.07) is 8.61. The van der Waals surface area contributed by atoms with E-state index in [0.717, 1.165) is 44.6 Å². The molecule has 2 aliphatic heterocycles. The van der Waals surface area contributed by atoms with Crippen molar-refractivity contribution >= 4 is 5.91 Å². The lowest BCUT2D eigenvalue weighted by atomic mass is 9.90. The number of likely N-dealkylation sites (N-methyl/N-ethyl adjacent to an activating group) is 1. The van der Waals surface area contributed by atoms with Crippen LogP contribution in [0.4, 0.5) is 0 Å². The molecule has 0 spiro atoms. The van der Waals surface area contributed by atoms with Gasteiger partial charge in [-0.3, -0.25) is 9.69 Å². The van der Waals surface area contributed by atoms with Crippen LogP contribution in [0, 0.1) is 6.92 Å². The van der Waals surface area contributed by atoms with Crippen molar-refractivity contribution in [3.63, 3.8) is 0 Å². The third-order valence-electron chi connectivity index (χ3n) is 5.48. The predicted molar refractivity (Wildman–Crippen MR) is 97.3 cm³/mol. The number of benzene rings is 1. The van der Waals surface area contributed by atoms with Crippen LogP contribution < -0.4 is 0 Å². The normalized spacial score (nSPS) is 25.6. The highest BCUT2D eigenvalue weighted by atomic mass is 16.5. The van der Waals surface area contributed by atoms with E-state index in [1.165, 1.54) is 5.56 Å². The van der Waals surface area contributed by atoms with Crippen LogP contribution in [0.1, 0.15) is 36.8 Å². The Morgan fingerprint density at radius 1 is 1.36 bits per heavy atom. The summed E-state index contributed by atoms with van der Waals surface area (Å²) in [7, 11) is 2.01. The Morgan fingerprint density at radius 3 is 2.84 bits per heavy atom. The molecule has 0 radical (unpaired) electrons. The van der Waals surface area contributed by atoms with Crippen molar-refractivity contribution in [1.82, 2.24) is 9.80 Å². The number of nitrogens with zero attached hydrogens (tertiary/aromatic N) is 2. The smallest absolute Gasteiger partial charge is 0.256 e. The van der Waals surface area contributed by atoms with Gasteiger partial charge in [0.1, 0.15) is 0 Å². The molecule has 1 N–H and O–H groups in total. The van der Waals surface area contributed by atoms with Crippen LogP contribution in [0.2, 0.25) is 0 Å². The molecule has 3 rings (SSSR count). The van der Waals surface area contributed by atoms with E-state index in [1.54, 1.807) is 0 Å². The molecule has 2 aliphatic rings. The van der Waals surface area contributed by atoms with Gasteiger partial charge in [-0.05, 0) is 45.2 Å². The quantitative estimate of drug-likeness (QED) is 0.886. The number of hydrogen-bond donors (Lipinski definition) is 1. The molecule has 0 aliphatic carbocycles. The van der Waals surface area contributed by atoms with Crippen LogP contribution >= 0.6 is 0 Å². The summed E-state index contributed by atoms with van der Waals surface area (Å²) in [4.78, 5) is 16.9. The number of aryl methyl sites for hydroxylation is 1. The van der Waals surface area contributed by atoms with Gasteiger partial charge in [0.15, 0.2) is 5.60 Å². The van der Waals surface area contributed by atoms with E-state index in [2.05, 4.69) is 24.0 Å². The Balaban J connectivity index is 1.65. The maximum absolute atomic E-state index is 13.0. The molecule has 5 heteroatoms. The molecule has 0 aromatic heterocycles. The van der Waals surface area contributed by atoms with Gasteiger partial charge in [0.25, 0.3) is 5.91 Å². The summed E-state index contributed by atoms with van der Waals surface area (Å²) in [5.74, 6) is -0.126. The molecule has 1 aromatic carbocycles. The average Bonchev–Trinajstić information content (AvgIpc) is 2.60. The zero-order valence-corrected chi connectivity index (χ0v) is 15.4. The van der Waals surface area contributed by atoms with Gasteiger partial charge in [0, 0.05) is 38.9 Å². The summed E-state index contributed by atoms with van der Waals surface area (Å²) < 4.78 is 5.41. The van der Waals surface area contributed by atoms with Gasteiger partial charge in [0.05, 0.1) is 0 Å². The molecular formula is C20H30N2O3. The van der Waals surface area contributed by atoms with E-state index < -0.39 is 5.60 Å². The Morgan fingerprint density at radius 2 is 2.12 bits per heavy atom. The molecule has 2 fully saturated rings. The van der Waals surface area contributed by atoms with E-state index in [9.17, 15) is 9.90 Å². The second kappa shape index (κ2) is 7.85. The van der Waals surface area contributed by atoms with E-state index in [-0.39, 0.29) is 5.91 Å². The largest absolute Gasteiger partial charge is 0.381 e. The number of likely N-dealkylation sites (tertiary alicyclic amines) is 1. The van der Waals surface area contributed by atoms with Crippen molar-refractivity contribution in [1.29, 1.82) is 0 Å². The standard InChI is InChI=1S/C20H30N2O3/c1-16-5-3-6-17(13-16)14-22-10-4-9-20(24,19(22)23)15-21(2)18-7-11-25-12-8-18/h3,5-6,13,18,24H,4,7-12,14-15H2,1-2H3/t20-/m1/s1. The van der Waals surface area contributed by atoms with Crippen LogP contribution in [0.25, 0.3) is 0 Å². The number of carbonyl (C=O) groups is 1. The van der Waals surface area contributed by atoms with Crippen LogP contribution in [0.5, 0.6) is 0 Å². The maximum atomic E-state index is 13.0. The molecule has 0 bridgehead atoms. The average molecular weight is 346 g/mol. The molecule has 1 amide bonds. The van der Waals surface area contributed by atoms with Crippen molar-refractivity contribution in [2.45, 2.75) is 50.8 Å². The van der Waals surface area contributed by atoms with E-state index in [4.69, 9.17) is 4.74 Å². The van der Waals surface area contributed by atoms with Crippen molar-refractivity contribution < 1.29 is 14.6 Å². The third-order valence-corrected chi connectivity index (χ3v) is 5.48. The first kappa shape index (κ1) is 18.4. The highest BCUT2D eigenvalue weighted by Crippen LogP contribution is 2.27. The maximum Gasteiger partial charge on any atom is 0.256 e. The second-order valence-electron chi connectivity index (χ2n) is 7.61. The lowest BCUT2D eigenvalue weighted by molar-refractivity contribution is -0.161. The van der Waals surface area contributed by atoms with Crippen LogP contribution in [-0.4, -0.2) is 65.8 Å². The molecule has 5 nitrogen and oxygen atoms in total. The Hall–Kier alpha value is -1.43. The summed E-state index contributed by atoms with van der Waals surface area (Å²) >= 11 is 0. The first-order chi connectivity index (χ1) is 12.0. The Bertz CT molecular complexity index is 600. The summed E-state index contributed by atoms with van der Waals surface area (Å²) in [6.45, 7) is 5.28. The molecule has 2 saturated heterocycles. The first-order valence-electron chi connectivity index (χ1n) is 9.33. The number of amides is 1. The fourth-order valence-corrected chi connectivity index (χ4v) is 4.06. The molecule has 2 heterocycles. The number of rotatable bonds is 5. The van der Waals surface area contributed by atoms with E-state index in [1.807, 2.05) is 24.1 Å². The lowest BCUT2D eigenvalue weighted by Crippen LogP contribution is -2.59. The topological polar surface area (TPSA) is 53.0 Å². The van der Waals surface area contributed by atoms with Gasteiger partial charge in [-0.25, -0.2) is 0 Å². The number of piperidine rings is 1. The molecule has 1 aromatic rings. The number of hydrogen-bond acceptors (Lipinski definition) is 4. The summed E-state index contributed by atoms with van der Waals surface area (Å²) in [5.41, 5.74) is 1.04. The fourth-order valence-electron chi connectivity index (χ4n) is 4.06. The number of ether oxygens (including phenoxy) is 1. The SMILES string of the molecule is Cc1cccc(CN2CCC[C@@](O)(CN(C)C3CCOCC3)C2=O)c1. The first-order valence-corrected chi connectivity index (χ1v) is 9.33. The zero-order valence-electron chi connectivity index (χ0n) is 15.4. The van der Waals surface area contributed by atoms with Gasteiger partial charge < -0.3 is 14.7 Å². The monoisotopic (exact) mass is 346 g/mol. The van der Waals surface area contributed by atoms with Gasteiger partial charge >= 0.3 is 0 Å². The molecule has 1 atom stereocenters. The lowest BCUT2D eigenvalue weighted by Gasteiger charge is -2.42. The highest BCUT2D eigenvalue weighted by Gasteiger charge is 2.43. The van der Waals surface area contributed by atoms with Crippen molar-refractivity contribution in [3.8, 4) is 0 Å². The van der Waals surface area contributed by atoms with Crippen LogP contribution in [0.3, 0.4) is 0 Å². The highest BCUT2D eigenvalue weighted by molar-refractivity contribution is 5.86. The molecule has 0 unspecified atom stereocenters. The minimum Gasteiger partial charge on any atom is -0.381 e. The minimum atomic E-state index is -1.27.